The van der Waals surface area contributed by atoms with Gasteiger partial charge in [0.1, 0.15) is 0 Å². The van der Waals surface area contributed by atoms with E-state index >= 15 is 0 Å². The quantitative estimate of drug-likeness (QED) is 0.684. The highest BCUT2D eigenvalue weighted by Crippen LogP contribution is 2.25. The Morgan fingerprint density at radius 2 is 2.21 bits per heavy atom. The Bertz CT molecular complexity index is 677. The summed E-state index contributed by atoms with van der Waals surface area (Å²) in [6, 6.07) is 1.31. The van der Waals surface area contributed by atoms with Gasteiger partial charge in [0.15, 0.2) is 9.84 Å². The number of aliphatic hydroxyl groups excluding tert-OH is 1. The van der Waals surface area contributed by atoms with E-state index in [1.54, 1.807) is 6.92 Å². The van der Waals surface area contributed by atoms with E-state index in [-0.39, 0.29) is 29.4 Å². The summed E-state index contributed by atoms with van der Waals surface area (Å²) in [6.45, 7) is 1.29. The number of sulfonamides is 1. The van der Waals surface area contributed by atoms with Crippen LogP contribution in [-0.2, 0) is 26.5 Å². The largest absolute Gasteiger partial charge is 0.390 e. The van der Waals surface area contributed by atoms with Crippen LogP contribution in [0.4, 0.5) is 0 Å². The standard InChI is InChI=1S/C10H16N2O5S2/c1-10(2-3-18(14,15)7-10)12-19(16,17)9-4-8(6-13)11-5-9/h4-5,11-13H,2-3,6-7H2,1H3. The smallest absolute Gasteiger partial charge is 0.242 e. The first-order valence-corrected chi connectivity index (χ1v) is 8.99. The van der Waals surface area contributed by atoms with Gasteiger partial charge in [0, 0.05) is 17.4 Å². The van der Waals surface area contributed by atoms with Gasteiger partial charge in [0.2, 0.25) is 10.0 Å². The third-order valence-corrected chi connectivity index (χ3v) is 6.60. The molecule has 108 valence electrons. The summed E-state index contributed by atoms with van der Waals surface area (Å²) in [5.74, 6) is -0.211. The van der Waals surface area contributed by atoms with Gasteiger partial charge in [-0.2, -0.15) is 0 Å². The molecule has 1 aromatic heterocycles. The molecule has 0 radical (unpaired) electrons. The molecule has 0 amide bonds. The summed E-state index contributed by atoms with van der Waals surface area (Å²) in [6.07, 6.45) is 1.52. The molecule has 3 N–H and O–H groups in total. The SMILES string of the molecule is CC1(NS(=O)(=O)c2c[nH]c(CO)c2)CCS(=O)(=O)C1. The van der Waals surface area contributed by atoms with Gasteiger partial charge in [-0.25, -0.2) is 21.6 Å². The zero-order chi connectivity index (χ0) is 14.3. The second-order valence-corrected chi connectivity index (χ2v) is 8.89. The van der Waals surface area contributed by atoms with Crippen LogP contribution in [0.2, 0.25) is 0 Å². The Balaban J connectivity index is 2.23. The molecule has 0 bridgehead atoms. The molecule has 0 saturated carbocycles. The number of H-pyrrole nitrogens is 1. The lowest BCUT2D eigenvalue weighted by atomic mass is 10.0. The highest BCUT2D eigenvalue weighted by atomic mass is 32.2. The topological polar surface area (TPSA) is 116 Å². The minimum atomic E-state index is -3.80. The Kier molecular flexibility index (Phi) is 3.50. The number of hydrogen-bond acceptors (Lipinski definition) is 5. The summed E-state index contributed by atoms with van der Waals surface area (Å²) < 4.78 is 49.6. The first-order valence-electron chi connectivity index (χ1n) is 5.68. The lowest BCUT2D eigenvalue weighted by Gasteiger charge is -2.23. The van der Waals surface area contributed by atoms with Crippen molar-refractivity contribution < 1.29 is 21.9 Å². The molecule has 19 heavy (non-hydrogen) atoms. The van der Waals surface area contributed by atoms with Gasteiger partial charge in [-0.15, -0.1) is 0 Å². The third-order valence-electron chi connectivity index (χ3n) is 3.08. The lowest BCUT2D eigenvalue weighted by molar-refractivity contribution is 0.277. The van der Waals surface area contributed by atoms with Gasteiger partial charge in [0.25, 0.3) is 0 Å². The van der Waals surface area contributed by atoms with Gasteiger partial charge >= 0.3 is 0 Å². The van der Waals surface area contributed by atoms with Crippen molar-refractivity contribution in [3.05, 3.63) is 18.0 Å². The van der Waals surface area contributed by atoms with E-state index in [1.807, 2.05) is 0 Å². The molecule has 2 rings (SSSR count). The Morgan fingerprint density at radius 3 is 2.68 bits per heavy atom. The average Bonchev–Trinajstić information content (AvgIpc) is 2.83. The predicted octanol–water partition coefficient (Wildman–Crippen LogP) is -0.637. The van der Waals surface area contributed by atoms with E-state index in [9.17, 15) is 16.8 Å². The molecule has 1 atom stereocenters. The van der Waals surface area contributed by atoms with Crippen molar-refractivity contribution in [1.29, 1.82) is 0 Å². The van der Waals surface area contributed by atoms with Gasteiger partial charge in [0.05, 0.1) is 23.0 Å². The molecule has 0 spiro atoms. The number of aliphatic hydroxyl groups is 1. The summed E-state index contributed by atoms with van der Waals surface area (Å²) in [7, 11) is -6.98. The zero-order valence-corrected chi connectivity index (χ0v) is 12.0. The van der Waals surface area contributed by atoms with E-state index in [2.05, 4.69) is 9.71 Å². The van der Waals surface area contributed by atoms with E-state index < -0.39 is 25.4 Å². The van der Waals surface area contributed by atoms with Crippen molar-refractivity contribution in [2.45, 2.75) is 30.4 Å². The highest BCUT2D eigenvalue weighted by Gasteiger charge is 2.41. The molecule has 1 aliphatic rings. The fraction of sp³-hybridized carbons (Fsp3) is 0.600. The summed E-state index contributed by atoms with van der Waals surface area (Å²) in [5, 5.41) is 8.89. The van der Waals surface area contributed by atoms with Crippen molar-refractivity contribution in [2.75, 3.05) is 11.5 Å². The average molecular weight is 308 g/mol. The Labute approximate surface area is 112 Å². The van der Waals surface area contributed by atoms with Gasteiger partial charge in [-0.3, -0.25) is 0 Å². The maximum atomic E-state index is 12.1. The van der Waals surface area contributed by atoms with Crippen LogP contribution in [-0.4, -0.2) is 44.0 Å². The van der Waals surface area contributed by atoms with Crippen LogP contribution in [0.3, 0.4) is 0 Å². The van der Waals surface area contributed by atoms with Gasteiger partial charge < -0.3 is 10.1 Å². The number of rotatable bonds is 4. The minimum Gasteiger partial charge on any atom is -0.390 e. The van der Waals surface area contributed by atoms with Crippen LogP contribution in [0.5, 0.6) is 0 Å². The number of aromatic amines is 1. The van der Waals surface area contributed by atoms with E-state index in [0.717, 1.165) is 0 Å². The highest BCUT2D eigenvalue weighted by molar-refractivity contribution is 7.92. The summed E-state index contributed by atoms with van der Waals surface area (Å²) in [4.78, 5) is 2.62. The minimum absolute atomic E-state index is 0.0120. The van der Waals surface area contributed by atoms with Crippen LogP contribution < -0.4 is 4.72 Å². The first kappa shape index (κ1) is 14.5. The molecule has 0 aliphatic carbocycles. The van der Waals surface area contributed by atoms with Crippen LogP contribution in [0.25, 0.3) is 0 Å². The molecule has 2 heterocycles. The molecule has 1 aliphatic heterocycles. The van der Waals surface area contributed by atoms with Crippen molar-refractivity contribution in [2.24, 2.45) is 0 Å². The predicted molar refractivity (Wildman–Crippen MR) is 68.7 cm³/mol. The third kappa shape index (κ3) is 3.16. The van der Waals surface area contributed by atoms with Crippen molar-refractivity contribution in [3.63, 3.8) is 0 Å². The second kappa shape index (κ2) is 4.58. The zero-order valence-electron chi connectivity index (χ0n) is 10.4. The van der Waals surface area contributed by atoms with Crippen LogP contribution in [0, 0.1) is 0 Å². The van der Waals surface area contributed by atoms with E-state index in [1.165, 1.54) is 12.3 Å². The molecule has 1 aromatic rings. The molecule has 1 fully saturated rings. The fourth-order valence-corrected chi connectivity index (χ4v) is 5.78. The number of aromatic nitrogens is 1. The lowest BCUT2D eigenvalue weighted by Crippen LogP contribution is -2.46. The second-order valence-electron chi connectivity index (χ2n) is 5.03. The number of nitrogens with one attached hydrogen (secondary N) is 2. The maximum Gasteiger partial charge on any atom is 0.242 e. The van der Waals surface area contributed by atoms with Crippen LogP contribution in [0.15, 0.2) is 17.2 Å². The van der Waals surface area contributed by atoms with E-state index in [0.29, 0.717) is 5.69 Å². The molecule has 9 heteroatoms. The molecule has 0 aromatic carbocycles. The normalized spacial score (nSPS) is 26.6. The van der Waals surface area contributed by atoms with Crippen molar-refractivity contribution in [3.8, 4) is 0 Å². The van der Waals surface area contributed by atoms with Gasteiger partial charge in [-0.05, 0) is 19.4 Å². The Morgan fingerprint density at radius 1 is 1.53 bits per heavy atom. The molecule has 7 nitrogen and oxygen atoms in total. The number of hydrogen-bond donors (Lipinski definition) is 3. The Hall–Kier alpha value is -0.900. The summed E-state index contributed by atoms with van der Waals surface area (Å²) >= 11 is 0. The number of sulfone groups is 1. The molecule has 1 unspecified atom stereocenters. The molecular formula is C10H16N2O5S2. The molecular weight excluding hydrogens is 292 g/mol. The van der Waals surface area contributed by atoms with E-state index in [4.69, 9.17) is 5.11 Å². The fourth-order valence-electron chi connectivity index (χ4n) is 2.14. The molecule has 1 saturated heterocycles. The van der Waals surface area contributed by atoms with Crippen molar-refractivity contribution in [1.82, 2.24) is 9.71 Å². The van der Waals surface area contributed by atoms with Crippen LogP contribution in [0.1, 0.15) is 19.0 Å². The van der Waals surface area contributed by atoms with Crippen molar-refractivity contribution >= 4 is 19.9 Å². The van der Waals surface area contributed by atoms with Gasteiger partial charge in [-0.1, -0.05) is 0 Å². The maximum absolute atomic E-state index is 12.1. The first-order chi connectivity index (χ1) is 8.66. The monoisotopic (exact) mass is 308 g/mol. The van der Waals surface area contributed by atoms with Crippen LogP contribution >= 0.6 is 0 Å². The summed E-state index contributed by atoms with van der Waals surface area (Å²) in [5.41, 5.74) is -0.599.